The summed E-state index contributed by atoms with van der Waals surface area (Å²) in [7, 11) is 4.23. The summed E-state index contributed by atoms with van der Waals surface area (Å²) < 4.78 is 6.14. The first-order chi connectivity index (χ1) is 18.9. The van der Waals surface area contributed by atoms with Gasteiger partial charge in [-0.15, -0.1) is 0 Å². The van der Waals surface area contributed by atoms with E-state index in [2.05, 4.69) is 46.4 Å². The highest BCUT2D eigenvalue weighted by Gasteiger charge is 2.38. The Morgan fingerprint density at radius 2 is 1.90 bits per heavy atom. The van der Waals surface area contributed by atoms with Crippen molar-refractivity contribution < 1.29 is 14.3 Å². The molecule has 0 N–H and O–H groups in total. The molecule has 2 amide bonds. The van der Waals surface area contributed by atoms with Crippen LogP contribution < -0.4 is 14.5 Å². The van der Waals surface area contributed by atoms with Gasteiger partial charge in [0, 0.05) is 56.6 Å². The van der Waals surface area contributed by atoms with E-state index in [-0.39, 0.29) is 17.8 Å². The summed E-state index contributed by atoms with van der Waals surface area (Å²) in [5.41, 5.74) is 4.70. The highest BCUT2D eigenvalue weighted by Crippen LogP contribution is 2.37. The fourth-order valence-corrected chi connectivity index (χ4v) is 6.23. The minimum absolute atomic E-state index is 0.0626. The Bertz CT molecular complexity index is 1290. The minimum atomic E-state index is -0.112. The zero-order chi connectivity index (χ0) is 27.1. The van der Waals surface area contributed by atoms with E-state index in [4.69, 9.17) is 9.72 Å². The highest BCUT2D eigenvalue weighted by atomic mass is 16.5. The van der Waals surface area contributed by atoms with Crippen LogP contribution in [0.5, 0.6) is 6.01 Å². The van der Waals surface area contributed by atoms with Gasteiger partial charge in [-0.05, 0) is 63.2 Å². The lowest BCUT2D eigenvalue weighted by Gasteiger charge is -2.35. The number of likely N-dealkylation sites (N-methyl/N-ethyl adjacent to an activating group) is 2. The van der Waals surface area contributed by atoms with E-state index < -0.39 is 0 Å². The molecule has 2 fully saturated rings. The van der Waals surface area contributed by atoms with Crippen molar-refractivity contribution >= 4 is 23.3 Å². The number of benzene rings is 1. The summed E-state index contributed by atoms with van der Waals surface area (Å²) in [4.78, 5) is 46.0. The Morgan fingerprint density at radius 1 is 1.08 bits per heavy atom. The van der Waals surface area contributed by atoms with Crippen molar-refractivity contribution in [3.05, 3.63) is 53.2 Å². The van der Waals surface area contributed by atoms with Gasteiger partial charge in [-0.2, -0.15) is 9.97 Å². The van der Waals surface area contributed by atoms with Gasteiger partial charge in [0.2, 0.25) is 5.91 Å². The molecule has 4 aliphatic rings. The van der Waals surface area contributed by atoms with Gasteiger partial charge >= 0.3 is 6.01 Å². The molecule has 1 aromatic heterocycles. The van der Waals surface area contributed by atoms with Gasteiger partial charge in [0.1, 0.15) is 18.1 Å². The second-order valence-corrected chi connectivity index (χ2v) is 11.1. The summed E-state index contributed by atoms with van der Waals surface area (Å²) in [5.74, 6) is 0.560. The Labute approximate surface area is 229 Å². The number of hydrogen-bond donors (Lipinski definition) is 0. The fourth-order valence-electron chi connectivity index (χ4n) is 6.23. The third-order valence-electron chi connectivity index (χ3n) is 8.60. The van der Waals surface area contributed by atoms with Gasteiger partial charge in [-0.25, -0.2) is 0 Å². The maximum absolute atomic E-state index is 13.9. The largest absolute Gasteiger partial charge is 0.462 e. The number of fused-ring (bicyclic) bond motifs is 2. The SMILES string of the molecule is C=CC(=O)N1CCN(c2nc(OC[C@H]3CCCN3C)nc3c2CN(c2cccc4c2CN(C)CC4)C3=O)CC1. The smallest absolute Gasteiger partial charge is 0.319 e. The number of carbonyl (C=O) groups is 2. The van der Waals surface area contributed by atoms with Crippen LogP contribution in [0.25, 0.3) is 0 Å². The van der Waals surface area contributed by atoms with Gasteiger partial charge in [0.25, 0.3) is 5.91 Å². The van der Waals surface area contributed by atoms with Gasteiger partial charge in [-0.3, -0.25) is 9.59 Å². The van der Waals surface area contributed by atoms with Gasteiger partial charge in [-0.1, -0.05) is 18.7 Å². The maximum Gasteiger partial charge on any atom is 0.319 e. The van der Waals surface area contributed by atoms with E-state index in [9.17, 15) is 9.59 Å². The van der Waals surface area contributed by atoms with E-state index >= 15 is 0 Å². The quantitative estimate of drug-likeness (QED) is 0.523. The molecule has 2 aromatic rings. The summed E-state index contributed by atoms with van der Waals surface area (Å²) in [5, 5.41) is 0. The molecule has 5 heterocycles. The summed E-state index contributed by atoms with van der Waals surface area (Å²) in [6, 6.07) is 6.82. The molecule has 0 unspecified atom stereocenters. The molecule has 0 aliphatic carbocycles. The number of hydrogen-bond acceptors (Lipinski definition) is 8. The summed E-state index contributed by atoms with van der Waals surface area (Å²) >= 11 is 0. The molecular weight excluding hydrogens is 494 g/mol. The molecule has 2 saturated heterocycles. The van der Waals surface area contributed by atoms with Crippen molar-refractivity contribution in [3.63, 3.8) is 0 Å². The maximum atomic E-state index is 13.9. The standard InChI is InChI=1S/C29H37N7O3/c1-4-25(37)34-13-15-35(16-14-34)27-23-18-36(24-9-5-7-20-10-12-32(2)17-22(20)24)28(38)26(23)30-29(31-27)39-19-21-8-6-11-33(21)3/h4-5,7,9,21H,1,6,8,10-19H2,2-3H3/t21-/m1/s1. The van der Waals surface area contributed by atoms with E-state index in [1.54, 1.807) is 4.90 Å². The molecule has 10 heteroatoms. The van der Waals surface area contributed by atoms with E-state index in [0.717, 1.165) is 56.0 Å². The second kappa shape index (κ2) is 10.6. The molecule has 206 valence electrons. The Balaban J connectivity index is 1.32. The highest BCUT2D eigenvalue weighted by molar-refractivity contribution is 6.10. The Hall–Kier alpha value is -3.50. The molecule has 0 saturated carbocycles. The lowest BCUT2D eigenvalue weighted by molar-refractivity contribution is -0.126. The third kappa shape index (κ3) is 4.87. The number of likely N-dealkylation sites (tertiary alicyclic amines) is 1. The Morgan fingerprint density at radius 3 is 2.64 bits per heavy atom. The monoisotopic (exact) mass is 531 g/mol. The lowest BCUT2D eigenvalue weighted by Crippen LogP contribution is -2.48. The van der Waals surface area contributed by atoms with Crippen LogP contribution in [0.2, 0.25) is 0 Å². The molecule has 0 radical (unpaired) electrons. The van der Waals surface area contributed by atoms with Crippen LogP contribution in [0, 0.1) is 0 Å². The Kier molecular flexibility index (Phi) is 6.99. The van der Waals surface area contributed by atoms with Crippen LogP contribution in [-0.2, 0) is 24.3 Å². The van der Waals surface area contributed by atoms with Crippen LogP contribution >= 0.6 is 0 Å². The van der Waals surface area contributed by atoms with Gasteiger partial charge in [0.15, 0.2) is 0 Å². The zero-order valence-corrected chi connectivity index (χ0v) is 22.9. The van der Waals surface area contributed by atoms with Crippen LogP contribution in [-0.4, -0.2) is 102 Å². The average molecular weight is 532 g/mol. The number of piperazine rings is 1. The first-order valence-corrected chi connectivity index (χ1v) is 13.9. The normalized spacial score (nSPS) is 21.7. The van der Waals surface area contributed by atoms with Gasteiger partial charge < -0.3 is 29.2 Å². The molecular formula is C29H37N7O3. The molecule has 1 atom stereocenters. The van der Waals surface area contributed by atoms with Crippen molar-refractivity contribution in [3.8, 4) is 6.01 Å². The molecule has 0 spiro atoms. The first kappa shape index (κ1) is 25.8. The third-order valence-corrected chi connectivity index (χ3v) is 8.60. The number of aromatic nitrogens is 2. The van der Waals surface area contributed by atoms with Crippen molar-refractivity contribution in [2.75, 3.05) is 69.8 Å². The number of anilines is 2. The van der Waals surface area contributed by atoms with E-state index in [1.165, 1.54) is 17.2 Å². The van der Waals surface area contributed by atoms with Crippen molar-refractivity contribution in [2.24, 2.45) is 0 Å². The first-order valence-electron chi connectivity index (χ1n) is 13.9. The fraction of sp³-hybridized carbons (Fsp3) is 0.517. The number of rotatable bonds is 6. The molecule has 39 heavy (non-hydrogen) atoms. The molecule has 6 rings (SSSR count). The summed E-state index contributed by atoms with van der Waals surface area (Å²) in [6.45, 7) is 9.79. The molecule has 4 aliphatic heterocycles. The predicted molar refractivity (Wildman–Crippen MR) is 149 cm³/mol. The number of nitrogens with zero attached hydrogens (tertiary/aromatic N) is 7. The van der Waals surface area contributed by atoms with Crippen molar-refractivity contribution in [1.29, 1.82) is 0 Å². The number of amides is 2. The molecule has 10 nitrogen and oxygen atoms in total. The topological polar surface area (TPSA) is 85.3 Å². The number of carbonyl (C=O) groups excluding carboxylic acids is 2. The zero-order valence-electron chi connectivity index (χ0n) is 22.9. The van der Waals surface area contributed by atoms with Crippen LogP contribution in [0.15, 0.2) is 30.9 Å². The van der Waals surface area contributed by atoms with Crippen LogP contribution in [0.4, 0.5) is 11.5 Å². The second-order valence-electron chi connectivity index (χ2n) is 11.1. The average Bonchev–Trinajstić information content (AvgIpc) is 3.52. The van der Waals surface area contributed by atoms with Gasteiger partial charge in [0.05, 0.1) is 6.54 Å². The molecule has 0 bridgehead atoms. The lowest BCUT2D eigenvalue weighted by atomic mass is 9.98. The van der Waals surface area contributed by atoms with Crippen molar-refractivity contribution in [2.45, 2.75) is 38.4 Å². The number of ether oxygens (including phenoxy) is 1. The van der Waals surface area contributed by atoms with E-state index in [0.29, 0.717) is 51.1 Å². The molecule has 1 aromatic carbocycles. The minimum Gasteiger partial charge on any atom is -0.462 e. The summed E-state index contributed by atoms with van der Waals surface area (Å²) in [6.07, 6.45) is 4.56. The van der Waals surface area contributed by atoms with Crippen LogP contribution in [0.3, 0.4) is 0 Å². The van der Waals surface area contributed by atoms with E-state index in [1.807, 2.05) is 17.0 Å². The van der Waals surface area contributed by atoms with Crippen molar-refractivity contribution in [1.82, 2.24) is 24.7 Å². The predicted octanol–water partition coefficient (Wildman–Crippen LogP) is 1.93. The van der Waals surface area contributed by atoms with Crippen LogP contribution in [0.1, 0.15) is 40.0 Å².